The number of methoxy groups -OCH3 is 1. The Morgan fingerprint density at radius 3 is 2.40 bits per heavy atom. The molecule has 1 N–H and O–H groups in total. The number of nitrogens with zero attached hydrogens (tertiary/aromatic N) is 1. The number of nitrogens with one attached hydrogen (secondary N) is 1. The molecule has 0 radical (unpaired) electrons. The van der Waals surface area contributed by atoms with Crippen LogP contribution in [0.1, 0.15) is 20.8 Å². The van der Waals surface area contributed by atoms with Crippen LogP contribution in [0.25, 0.3) is 0 Å². The molecule has 0 aromatic heterocycles. The zero-order valence-electron chi connectivity index (χ0n) is 10.8. The van der Waals surface area contributed by atoms with Gasteiger partial charge in [-0.25, -0.2) is 0 Å². The molecule has 1 unspecified atom stereocenters. The van der Waals surface area contributed by atoms with Gasteiger partial charge in [-0.1, -0.05) is 13.8 Å². The molecule has 15 heavy (non-hydrogen) atoms. The minimum absolute atomic E-state index is 0.0515. The molecule has 0 saturated carbocycles. The normalized spacial score (nSPS) is 14.1. The van der Waals surface area contributed by atoms with Crippen LogP contribution >= 0.6 is 0 Å². The Hall–Kier alpha value is -0.610. The number of carbonyl (C=O) groups excluding carboxylic acids is 1. The number of hydrogen-bond donors (Lipinski definition) is 1. The highest BCUT2D eigenvalue weighted by atomic mass is 16.5. The van der Waals surface area contributed by atoms with Gasteiger partial charge in [0, 0.05) is 20.2 Å². The molecule has 0 aromatic carbocycles. The maximum Gasteiger partial charge on any atom is 0.248 e. The third-order valence-corrected chi connectivity index (χ3v) is 2.21. The third-order valence-electron chi connectivity index (χ3n) is 2.21. The van der Waals surface area contributed by atoms with E-state index < -0.39 is 0 Å². The first-order valence-corrected chi connectivity index (χ1v) is 5.24. The topological polar surface area (TPSA) is 41.6 Å². The van der Waals surface area contributed by atoms with Gasteiger partial charge in [0.2, 0.25) is 5.91 Å². The van der Waals surface area contributed by atoms with Crippen molar-refractivity contribution in [2.45, 2.75) is 26.9 Å². The van der Waals surface area contributed by atoms with Crippen molar-refractivity contribution in [3.8, 4) is 0 Å². The SMILES string of the molecule is COC(C)C(=O)NCC(C)(C)CN(C)C. The van der Waals surface area contributed by atoms with E-state index in [1.165, 1.54) is 7.11 Å². The molecule has 0 bridgehead atoms. The average Bonchev–Trinajstić information content (AvgIpc) is 2.11. The van der Waals surface area contributed by atoms with Crippen LogP contribution in [-0.2, 0) is 9.53 Å². The highest BCUT2D eigenvalue weighted by Gasteiger charge is 2.21. The standard InChI is InChI=1S/C11H24N2O2/c1-9(15-6)10(14)12-7-11(2,3)8-13(4)5/h9H,7-8H2,1-6H3,(H,12,14). The Labute approximate surface area is 93.0 Å². The summed E-state index contributed by atoms with van der Waals surface area (Å²) in [5.74, 6) is -0.0515. The predicted molar refractivity (Wildman–Crippen MR) is 61.8 cm³/mol. The lowest BCUT2D eigenvalue weighted by Gasteiger charge is -2.28. The number of rotatable bonds is 6. The number of ether oxygens (including phenoxy) is 1. The molecule has 0 spiro atoms. The van der Waals surface area contributed by atoms with Crippen molar-refractivity contribution in [2.24, 2.45) is 5.41 Å². The van der Waals surface area contributed by atoms with Gasteiger partial charge in [-0.3, -0.25) is 4.79 Å². The zero-order chi connectivity index (χ0) is 12.1. The molecule has 0 rings (SSSR count). The Morgan fingerprint density at radius 1 is 1.47 bits per heavy atom. The van der Waals surface area contributed by atoms with Gasteiger partial charge in [0.25, 0.3) is 0 Å². The van der Waals surface area contributed by atoms with E-state index in [2.05, 4.69) is 24.1 Å². The van der Waals surface area contributed by atoms with Gasteiger partial charge in [0.05, 0.1) is 0 Å². The van der Waals surface area contributed by atoms with E-state index in [1.54, 1.807) is 6.92 Å². The van der Waals surface area contributed by atoms with Crippen molar-refractivity contribution in [1.29, 1.82) is 0 Å². The first-order valence-electron chi connectivity index (χ1n) is 5.24. The largest absolute Gasteiger partial charge is 0.372 e. The lowest BCUT2D eigenvalue weighted by molar-refractivity contribution is -0.130. The van der Waals surface area contributed by atoms with E-state index in [-0.39, 0.29) is 17.4 Å². The first-order chi connectivity index (χ1) is 6.78. The molecule has 0 aliphatic rings. The molecule has 0 aliphatic carbocycles. The van der Waals surface area contributed by atoms with Crippen LogP contribution in [0.4, 0.5) is 0 Å². The Balaban J connectivity index is 3.98. The van der Waals surface area contributed by atoms with E-state index in [0.29, 0.717) is 6.54 Å². The number of hydrogen-bond acceptors (Lipinski definition) is 3. The van der Waals surface area contributed by atoms with Gasteiger partial charge in [0.15, 0.2) is 0 Å². The van der Waals surface area contributed by atoms with Crippen LogP contribution in [0.5, 0.6) is 0 Å². The quantitative estimate of drug-likeness (QED) is 0.711. The minimum atomic E-state index is -0.375. The maximum absolute atomic E-state index is 11.5. The van der Waals surface area contributed by atoms with Crippen molar-refractivity contribution >= 4 is 5.91 Å². The van der Waals surface area contributed by atoms with Gasteiger partial charge in [-0.15, -0.1) is 0 Å². The molecule has 0 heterocycles. The van der Waals surface area contributed by atoms with Crippen LogP contribution < -0.4 is 5.32 Å². The van der Waals surface area contributed by atoms with Crippen LogP contribution in [0.15, 0.2) is 0 Å². The van der Waals surface area contributed by atoms with Crippen molar-refractivity contribution in [1.82, 2.24) is 10.2 Å². The summed E-state index contributed by atoms with van der Waals surface area (Å²) in [5.41, 5.74) is 0.0760. The molecular formula is C11H24N2O2. The van der Waals surface area contributed by atoms with Gasteiger partial charge >= 0.3 is 0 Å². The molecule has 0 fully saturated rings. The molecule has 4 nitrogen and oxygen atoms in total. The molecule has 1 amide bonds. The van der Waals surface area contributed by atoms with Gasteiger partial charge < -0.3 is 15.0 Å². The molecule has 0 aliphatic heterocycles. The number of carbonyl (C=O) groups is 1. The summed E-state index contributed by atoms with van der Waals surface area (Å²) in [6.07, 6.45) is -0.375. The lowest BCUT2D eigenvalue weighted by Crippen LogP contribution is -2.43. The summed E-state index contributed by atoms with van der Waals surface area (Å²) >= 11 is 0. The summed E-state index contributed by atoms with van der Waals surface area (Å²) in [5, 5.41) is 2.89. The fourth-order valence-corrected chi connectivity index (χ4v) is 1.49. The first kappa shape index (κ1) is 14.4. The van der Waals surface area contributed by atoms with Crippen molar-refractivity contribution in [3.63, 3.8) is 0 Å². The Bertz CT molecular complexity index is 203. The van der Waals surface area contributed by atoms with Gasteiger partial charge in [0.1, 0.15) is 6.10 Å². The Morgan fingerprint density at radius 2 is 2.00 bits per heavy atom. The minimum Gasteiger partial charge on any atom is -0.372 e. The summed E-state index contributed by atoms with van der Waals surface area (Å²) in [6.45, 7) is 7.61. The van der Waals surface area contributed by atoms with E-state index in [4.69, 9.17) is 4.74 Å². The molecule has 0 aromatic rings. The molecule has 4 heteroatoms. The van der Waals surface area contributed by atoms with E-state index in [9.17, 15) is 4.79 Å². The smallest absolute Gasteiger partial charge is 0.248 e. The summed E-state index contributed by atoms with van der Waals surface area (Å²) in [4.78, 5) is 13.6. The molecule has 0 saturated heterocycles. The number of amides is 1. The van der Waals surface area contributed by atoms with Crippen LogP contribution in [0.2, 0.25) is 0 Å². The molecule has 1 atom stereocenters. The molecule has 90 valence electrons. The van der Waals surface area contributed by atoms with Crippen LogP contribution in [-0.4, -0.2) is 51.2 Å². The van der Waals surface area contributed by atoms with Crippen molar-refractivity contribution in [2.75, 3.05) is 34.3 Å². The maximum atomic E-state index is 11.5. The Kier molecular flexibility index (Phi) is 5.83. The lowest BCUT2D eigenvalue weighted by atomic mass is 9.93. The summed E-state index contributed by atoms with van der Waals surface area (Å²) in [7, 11) is 5.60. The monoisotopic (exact) mass is 216 g/mol. The van der Waals surface area contributed by atoms with Crippen LogP contribution in [0, 0.1) is 5.41 Å². The highest BCUT2D eigenvalue weighted by molar-refractivity contribution is 5.80. The van der Waals surface area contributed by atoms with E-state index >= 15 is 0 Å². The van der Waals surface area contributed by atoms with Crippen molar-refractivity contribution < 1.29 is 9.53 Å². The van der Waals surface area contributed by atoms with E-state index in [1.807, 2.05) is 14.1 Å². The van der Waals surface area contributed by atoms with Gasteiger partial charge in [-0.05, 0) is 26.4 Å². The average molecular weight is 216 g/mol. The second-order valence-corrected chi connectivity index (χ2v) is 5.00. The van der Waals surface area contributed by atoms with Gasteiger partial charge in [-0.2, -0.15) is 0 Å². The van der Waals surface area contributed by atoms with Crippen molar-refractivity contribution in [3.05, 3.63) is 0 Å². The molecular weight excluding hydrogens is 192 g/mol. The third kappa shape index (κ3) is 6.47. The fourth-order valence-electron chi connectivity index (χ4n) is 1.49. The predicted octanol–water partition coefficient (Wildman–Crippen LogP) is 0.725. The van der Waals surface area contributed by atoms with E-state index in [0.717, 1.165) is 6.54 Å². The zero-order valence-corrected chi connectivity index (χ0v) is 10.8. The fraction of sp³-hybridized carbons (Fsp3) is 0.909. The summed E-state index contributed by atoms with van der Waals surface area (Å²) < 4.78 is 4.94. The highest BCUT2D eigenvalue weighted by Crippen LogP contribution is 2.14. The second kappa shape index (κ2) is 6.08. The summed E-state index contributed by atoms with van der Waals surface area (Å²) in [6, 6.07) is 0. The second-order valence-electron chi connectivity index (χ2n) is 5.00. The van der Waals surface area contributed by atoms with Crippen LogP contribution in [0.3, 0.4) is 0 Å².